The van der Waals surface area contributed by atoms with Crippen molar-refractivity contribution in [2.24, 2.45) is 29.1 Å². The van der Waals surface area contributed by atoms with Crippen LogP contribution in [0.1, 0.15) is 25.7 Å². The van der Waals surface area contributed by atoms with Crippen molar-refractivity contribution < 1.29 is 13.2 Å². The second-order valence-electron chi connectivity index (χ2n) is 6.74. The Morgan fingerprint density at radius 3 is 2.89 bits per heavy atom. The molecule has 19 heavy (non-hydrogen) atoms. The van der Waals surface area contributed by atoms with Crippen molar-refractivity contribution in [1.29, 1.82) is 0 Å². The van der Waals surface area contributed by atoms with Crippen molar-refractivity contribution in [1.82, 2.24) is 4.31 Å². The lowest BCUT2D eigenvalue weighted by Crippen LogP contribution is -2.58. The second kappa shape index (κ2) is 2.75. The molecule has 0 bridgehead atoms. The van der Waals surface area contributed by atoms with Crippen LogP contribution in [0, 0.1) is 29.1 Å². The zero-order valence-corrected chi connectivity index (χ0v) is 11.8. The highest BCUT2D eigenvalue weighted by molar-refractivity contribution is 8.12. The maximum absolute atomic E-state index is 12.6. The Hall–Kier alpha value is -0.550. The lowest BCUT2D eigenvalue weighted by atomic mass is 9.66. The van der Waals surface area contributed by atoms with E-state index in [1.165, 1.54) is 0 Å². The number of allylic oxidation sites excluding steroid dienone is 1. The lowest BCUT2D eigenvalue weighted by Gasteiger charge is -2.48. The van der Waals surface area contributed by atoms with E-state index in [1.54, 1.807) is 0 Å². The first-order valence-corrected chi connectivity index (χ1v) is 9.19. The summed E-state index contributed by atoms with van der Waals surface area (Å²) in [5, 5.41) is 0. The van der Waals surface area contributed by atoms with Gasteiger partial charge in [0.15, 0.2) is 0 Å². The van der Waals surface area contributed by atoms with Gasteiger partial charge in [0.25, 0.3) is 0 Å². The molecule has 0 aromatic heterocycles. The minimum Gasteiger partial charge on any atom is -0.273 e. The quantitative estimate of drug-likeness (QED) is 0.547. The van der Waals surface area contributed by atoms with Gasteiger partial charge in [-0.25, -0.2) is 4.31 Å². The molecule has 3 saturated carbocycles. The number of halogens is 1. The van der Waals surface area contributed by atoms with Crippen LogP contribution in [0.2, 0.25) is 0 Å². The normalized spacial score (nSPS) is 56.5. The van der Waals surface area contributed by atoms with E-state index in [2.05, 4.69) is 12.2 Å². The number of piperidine rings is 1. The first kappa shape index (κ1) is 11.1. The Morgan fingerprint density at radius 2 is 2.16 bits per heavy atom. The number of fused-ring (bicyclic) bond motifs is 2. The van der Waals surface area contributed by atoms with Crippen LogP contribution in [-0.4, -0.2) is 24.2 Å². The molecule has 4 aliphatic carbocycles. The van der Waals surface area contributed by atoms with Gasteiger partial charge in [-0.15, -0.1) is 0 Å². The van der Waals surface area contributed by atoms with Crippen LogP contribution in [0.3, 0.4) is 0 Å². The third-order valence-electron chi connectivity index (χ3n) is 6.36. The molecule has 0 radical (unpaired) electrons. The van der Waals surface area contributed by atoms with Crippen LogP contribution in [0.25, 0.3) is 0 Å². The summed E-state index contributed by atoms with van der Waals surface area (Å²) in [5.74, 6) is 0.766. The summed E-state index contributed by atoms with van der Waals surface area (Å²) in [7, 11) is 1.64. The molecule has 0 unspecified atom stereocenters. The summed E-state index contributed by atoms with van der Waals surface area (Å²) < 4.78 is 25.0. The molecule has 0 N–H and O–H groups in total. The standard InChI is InChI=1S/C13H14ClNO3S/c14-19(17,18)15-11(16)10-8-2-1-4-13(15)9-6-7(9)3-5-12(8,10)13/h3,5,7-10H,1-2,4,6H2/t7-,8+,9-,10+,12-,13-/m1/s1. The maximum atomic E-state index is 12.6. The van der Waals surface area contributed by atoms with Crippen LogP contribution in [0.15, 0.2) is 12.2 Å². The highest BCUT2D eigenvalue weighted by atomic mass is 35.7. The van der Waals surface area contributed by atoms with Gasteiger partial charge in [0.2, 0.25) is 5.91 Å². The van der Waals surface area contributed by atoms with Gasteiger partial charge in [0.1, 0.15) is 0 Å². The molecule has 4 nitrogen and oxygen atoms in total. The molecule has 6 atom stereocenters. The average molecular weight is 300 g/mol. The zero-order valence-electron chi connectivity index (χ0n) is 10.3. The topological polar surface area (TPSA) is 54.5 Å². The summed E-state index contributed by atoms with van der Waals surface area (Å²) in [6.45, 7) is 0. The lowest BCUT2D eigenvalue weighted by molar-refractivity contribution is -0.130. The van der Waals surface area contributed by atoms with Gasteiger partial charge in [0.05, 0.1) is 11.5 Å². The molecule has 0 aromatic carbocycles. The minimum atomic E-state index is -3.97. The molecule has 1 heterocycles. The van der Waals surface area contributed by atoms with Crippen molar-refractivity contribution in [2.75, 3.05) is 0 Å². The summed E-state index contributed by atoms with van der Waals surface area (Å²) in [6.07, 6.45) is 8.26. The molecule has 4 fully saturated rings. The second-order valence-corrected chi connectivity index (χ2v) is 9.10. The Labute approximate surface area is 116 Å². The summed E-state index contributed by atoms with van der Waals surface area (Å²) >= 11 is 0. The highest BCUT2D eigenvalue weighted by Gasteiger charge is 2.89. The first-order chi connectivity index (χ1) is 8.94. The molecule has 5 rings (SSSR count). The number of hydrogen-bond donors (Lipinski definition) is 0. The molecule has 102 valence electrons. The smallest absolute Gasteiger partial charge is 0.273 e. The van der Waals surface area contributed by atoms with E-state index in [0.29, 0.717) is 17.8 Å². The van der Waals surface area contributed by atoms with E-state index in [1.807, 2.05) is 0 Å². The van der Waals surface area contributed by atoms with Gasteiger partial charge in [0, 0.05) is 16.1 Å². The highest BCUT2D eigenvalue weighted by Crippen LogP contribution is 2.83. The van der Waals surface area contributed by atoms with Gasteiger partial charge >= 0.3 is 9.24 Å². The van der Waals surface area contributed by atoms with E-state index in [9.17, 15) is 13.2 Å². The Bertz CT molecular complexity index is 659. The summed E-state index contributed by atoms with van der Waals surface area (Å²) in [4.78, 5) is 12.6. The van der Waals surface area contributed by atoms with E-state index in [4.69, 9.17) is 10.7 Å². The fraction of sp³-hybridized carbons (Fsp3) is 0.769. The van der Waals surface area contributed by atoms with Crippen molar-refractivity contribution in [3.05, 3.63) is 12.2 Å². The Kier molecular flexibility index (Phi) is 1.61. The zero-order chi connectivity index (χ0) is 13.2. The SMILES string of the molecule is O=C1[C@@H]2[C@@H]3CCC[C@]4([C@@H]5C[C@H]5C=C[C@]234)N1S(=O)(=O)Cl. The van der Waals surface area contributed by atoms with E-state index in [-0.39, 0.29) is 17.2 Å². The summed E-state index contributed by atoms with van der Waals surface area (Å²) in [5.41, 5.74) is -0.723. The maximum Gasteiger partial charge on any atom is 0.324 e. The minimum absolute atomic E-state index is 0.124. The largest absolute Gasteiger partial charge is 0.324 e. The van der Waals surface area contributed by atoms with Crippen LogP contribution >= 0.6 is 10.7 Å². The predicted octanol–water partition coefficient (Wildman–Crippen LogP) is 1.67. The van der Waals surface area contributed by atoms with Crippen LogP contribution in [-0.2, 0) is 14.0 Å². The van der Waals surface area contributed by atoms with Crippen molar-refractivity contribution in [3.63, 3.8) is 0 Å². The molecule has 1 amide bonds. The average Bonchev–Trinajstić information content (AvgIpc) is 3.16. The van der Waals surface area contributed by atoms with Gasteiger partial charge < -0.3 is 0 Å². The van der Waals surface area contributed by atoms with Crippen molar-refractivity contribution in [3.8, 4) is 0 Å². The fourth-order valence-electron chi connectivity index (χ4n) is 5.85. The predicted molar refractivity (Wildman–Crippen MR) is 68.4 cm³/mol. The van der Waals surface area contributed by atoms with Crippen LogP contribution in [0.5, 0.6) is 0 Å². The number of rotatable bonds is 1. The number of amides is 1. The number of nitrogens with zero attached hydrogens (tertiary/aromatic N) is 1. The summed E-state index contributed by atoms with van der Waals surface area (Å²) in [6, 6.07) is 0. The third kappa shape index (κ3) is 0.916. The van der Waals surface area contributed by atoms with Gasteiger partial charge in [-0.05, 0) is 37.0 Å². The first-order valence-electron chi connectivity index (χ1n) is 6.93. The number of carbonyl (C=O) groups excluding carboxylic acids is 1. The molecule has 6 heteroatoms. The molecule has 0 aromatic rings. The van der Waals surface area contributed by atoms with E-state index < -0.39 is 14.8 Å². The van der Waals surface area contributed by atoms with Crippen molar-refractivity contribution >= 4 is 25.8 Å². The molecular formula is C13H14ClNO3S. The monoisotopic (exact) mass is 299 g/mol. The molecular weight excluding hydrogens is 286 g/mol. The van der Waals surface area contributed by atoms with Crippen molar-refractivity contribution in [2.45, 2.75) is 31.2 Å². The fourth-order valence-corrected chi connectivity index (χ4v) is 7.53. The Morgan fingerprint density at radius 1 is 1.37 bits per heavy atom. The Balaban J connectivity index is 1.81. The molecule has 1 aliphatic heterocycles. The van der Waals surface area contributed by atoms with E-state index in [0.717, 1.165) is 30.0 Å². The van der Waals surface area contributed by atoms with Gasteiger partial charge in [-0.3, -0.25) is 4.79 Å². The molecule has 5 aliphatic rings. The van der Waals surface area contributed by atoms with Crippen LogP contribution in [0.4, 0.5) is 0 Å². The van der Waals surface area contributed by atoms with E-state index >= 15 is 0 Å². The molecule has 1 spiro atoms. The van der Waals surface area contributed by atoms with Gasteiger partial charge in [-0.1, -0.05) is 18.6 Å². The van der Waals surface area contributed by atoms with Gasteiger partial charge in [-0.2, -0.15) is 8.42 Å². The molecule has 1 saturated heterocycles. The number of hydrogen-bond acceptors (Lipinski definition) is 3. The third-order valence-corrected chi connectivity index (χ3v) is 7.72. The van der Waals surface area contributed by atoms with Crippen LogP contribution < -0.4 is 0 Å². The number of carbonyl (C=O) groups is 1.